The van der Waals surface area contributed by atoms with Gasteiger partial charge in [-0.15, -0.1) is 0 Å². The number of phenols is 1. The lowest BCUT2D eigenvalue weighted by atomic mass is 10.1. The molecule has 0 saturated carbocycles. The van der Waals surface area contributed by atoms with Crippen molar-refractivity contribution < 1.29 is 57.1 Å². The normalized spacial score (nSPS) is 10.4. The molecule has 14 nitrogen and oxygen atoms in total. The fourth-order valence-electron chi connectivity index (χ4n) is 5.30. The van der Waals surface area contributed by atoms with E-state index < -0.39 is 33.6 Å². The summed E-state index contributed by atoms with van der Waals surface area (Å²) in [4.78, 5) is 49.6. The average Bonchev–Trinajstić information content (AvgIpc) is 3.23. The van der Waals surface area contributed by atoms with Crippen LogP contribution in [0.15, 0.2) is 155 Å². The molecule has 0 aliphatic rings. The molecule has 15 heteroatoms. The molecule has 0 atom stereocenters. The van der Waals surface area contributed by atoms with Gasteiger partial charge in [0, 0.05) is 11.4 Å². The minimum atomic E-state index is -4.25. The highest BCUT2D eigenvalue weighted by atomic mass is 32.2. The molecule has 0 aliphatic carbocycles. The number of carboxylic acids is 2. The van der Waals surface area contributed by atoms with Crippen LogP contribution < -0.4 is 24.8 Å². The summed E-state index contributed by atoms with van der Waals surface area (Å²) in [6, 6.07) is 35.8. The Hall–Kier alpha value is -8.09. The van der Waals surface area contributed by atoms with Gasteiger partial charge >= 0.3 is 11.9 Å². The van der Waals surface area contributed by atoms with Crippen LogP contribution in [0.3, 0.4) is 0 Å². The van der Waals surface area contributed by atoms with Gasteiger partial charge in [-0.1, -0.05) is 55.0 Å². The Kier molecular flexibility index (Phi) is 14.0. The molecule has 59 heavy (non-hydrogen) atoms. The molecule has 0 aromatic heterocycles. The zero-order valence-corrected chi connectivity index (χ0v) is 31.6. The van der Waals surface area contributed by atoms with Crippen molar-refractivity contribution in [1.29, 1.82) is 0 Å². The molecule has 0 saturated heterocycles. The number of aromatic carboxylic acids is 2. The molecule has 0 spiro atoms. The van der Waals surface area contributed by atoms with Crippen molar-refractivity contribution in [2.24, 2.45) is 0 Å². The number of para-hydroxylation sites is 2. The summed E-state index contributed by atoms with van der Waals surface area (Å²) in [5, 5.41) is 32.9. The number of carbonyl (C=O) groups excluding carboxylic acids is 2. The van der Waals surface area contributed by atoms with Crippen molar-refractivity contribution in [3.05, 3.63) is 168 Å². The number of terminal acetylenes is 1. The quantitative estimate of drug-likeness (QED) is 0.0544. The molecule has 0 fully saturated rings. The van der Waals surface area contributed by atoms with Gasteiger partial charge in [0.25, 0.3) is 11.8 Å². The topological polar surface area (TPSA) is 215 Å². The van der Waals surface area contributed by atoms with Gasteiger partial charge < -0.3 is 40.2 Å². The second-order valence-corrected chi connectivity index (χ2v) is 14.0. The number of carbonyl (C=O) groups is 4. The van der Waals surface area contributed by atoms with E-state index in [2.05, 4.69) is 10.6 Å². The predicted molar refractivity (Wildman–Crippen MR) is 216 cm³/mol. The highest BCUT2D eigenvalue weighted by Gasteiger charge is 2.23. The second kappa shape index (κ2) is 19.7. The Bertz CT molecular complexity index is 2630. The zero-order valence-electron chi connectivity index (χ0n) is 30.8. The minimum Gasteiger partial charge on any atom is -0.508 e. The van der Waals surface area contributed by atoms with E-state index in [9.17, 15) is 37.8 Å². The maximum atomic E-state index is 13.7. The fraction of sp³-hybridized carbons (Fsp3) is 0.0455. The lowest BCUT2D eigenvalue weighted by Crippen LogP contribution is -2.17. The molecule has 0 aliphatic heterocycles. The summed E-state index contributed by atoms with van der Waals surface area (Å²) in [6.45, 7) is 0.288. The molecule has 5 N–H and O–H groups in total. The third-order valence-electron chi connectivity index (χ3n) is 8.03. The number of hydrogen-bond acceptors (Lipinski definition) is 10. The van der Waals surface area contributed by atoms with Crippen LogP contribution in [0.25, 0.3) is 0 Å². The lowest BCUT2D eigenvalue weighted by molar-refractivity contribution is 0.0683. The Balaban J connectivity index is 0.000000854. The number of ether oxygens (including phenoxy) is 3. The summed E-state index contributed by atoms with van der Waals surface area (Å²) < 4.78 is 43.5. The van der Waals surface area contributed by atoms with Crippen LogP contribution >= 0.6 is 0 Å². The Morgan fingerprint density at radius 3 is 1.46 bits per heavy atom. The van der Waals surface area contributed by atoms with Gasteiger partial charge in [-0.3, -0.25) is 9.59 Å². The van der Waals surface area contributed by atoms with Crippen LogP contribution in [0.2, 0.25) is 0 Å². The third kappa shape index (κ3) is 11.5. The molecule has 6 aromatic rings. The lowest BCUT2D eigenvalue weighted by Gasteiger charge is -2.13. The number of hydrogen-bond donors (Lipinski definition) is 5. The van der Waals surface area contributed by atoms with Crippen molar-refractivity contribution in [3.8, 4) is 35.5 Å². The number of phenolic OH excluding ortho intramolecular Hbond substituents is 1. The minimum absolute atomic E-state index is 0.0325. The number of aromatic hydroxyl groups is 1. The van der Waals surface area contributed by atoms with E-state index in [-0.39, 0.29) is 68.1 Å². The monoisotopic (exact) mass is 814 g/mol. The molecule has 6 rings (SSSR count). The molecular weight excluding hydrogens is 781 g/mol. The van der Waals surface area contributed by atoms with Gasteiger partial charge in [0.1, 0.15) is 42.3 Å². The summed E-state index contributed by atoms with van der Waals surface area (Å²) in [5.41, 5.74) is -1.08. The highest BCUT2D eigenvalue weighted by Crippen LogP contribution is 2.27. The number of nitrogens with one attached hydrogen (secondary N) is 2. The SMILES string of the molecule is C#COc1ccc(C(=O)O)c(C(=O)Nc2cccc(S(=O)(=O)c3cccc(NC(=O)c4cc(OCCOc5ccccc5)ccc4C(=O)O)c3)c2)c1.Oc1ccccc1. The van der Waals surface area contributed by atoms with Gasteiger partial charge in [0.15, 0.2) is 0 Å². The maximum absolute atomic E-state index is 13.7. The van der Waals surface area contributed by atoms with Gasteiger partial charge in [-0.2, -0.15) is 0 Å². The van der Waals surface area contributed by atoms with Crippen LogP contribution in [-0.2, 0) is 9.84 Å². The molecule has 0 heterocycles. The molecule has 0 bridgehead atoms. The van der Waals surface area contributed by atoms with E-state index in [4.69, 9.17) is 25.7 Å². The van der Waals surface area contributed by atoms with E-state index in [0.717, 1.165) is 12.1 Å². The van der Waals surface area contributed by atoms with Gasteiger partial charge in [0.2, 0.25) is 9.84 Å². The maximum Gasteiger partial charge on any atom is 0.336 e. The molecular formula is C44H34N2O12S. The third-order valence-corrected chi connectivity index (χ3v) is 9.78. The first-order valence-electron chi connectivity index (χ1n) is 17.4. The van der Waals surface area contributed by atoms with Crippen LogP contribution in [0.5, 0.6) is 23.0 Å². The standard InChI is InChI=1S/C38H28N2O11S.C6H6O/c1-2-49-27-14-16-31(37(43)44)33(22-27)35(41)39-24-8-6-12-29(20-24)52(47,48)30-13-7-9-25(21-30)40-36(42)34-23-28(15-17-32(34)38(45)46)51-19-18-50-26-10-4-3-5-11-26;7-6-4-2-1-3-5-6/h1,3-17,20-23H,18-19H2,(H,39,41)(H,40,42)(H,43,44)(H,45,46);1-5,7H. The van der Waals surface area contributed by atoms with E-state index in [1.807, 2.05) is 30.4 Å². The van der Waals surface area contributed by atoms with Crippen LogP contribution in [0, 0.1) is 12.5 Å². The number of sulfone groups is 1. The van der Waals surface area contributed by atoms with Crippen LogP contribution in [0.4, 0.5) is 11.4 Å². The summed E-state index contributed by atoms with van der Waals surface area (Å²) in [7, 11) is -4.25. The van der Waals surface area contributed by atoms with Crippen molar-refractivity contribution in [1.82, 2.24) is 0 Å². The molecule has 0 unspecified atom stereocenters. The van der Waals surface area contributed by atoms with Crippen LogP contribution in [-0.4, -0.2) is 60.7 Å². The first-order chi connectivity index (χ1) is 28.3. The second-order valence-electron chi connectivity index (χ2n) is 12.1. The number of carboxylic acid groups (broad SMARTS) is 2. The summed E-state index contributed by atoms with van der Waals surface area (Å²) in [5.74, 6) is -3.22. The fourth-order valence-corrected chi connectivity index (χ4v) is 6.65. The summed E-state index contributed by atoms with van der Waals surface area (Å²) in [6.07, 6.45) is 7.06. The molecule has 2 amide bonds. The Morgan fingerprint density at radius 1 is 0.542 bits per heavy atom. The van der Waals surface area contributed by atoms with Crippen molar-refractivity contribution >= 4 is 45.0 Å². The van der Waals surface area contributed by atoms with E-state index in [1.165, 1.54) is 72.8 Å². The van der Waals surface area contributed by atoms with E-state index in [0.29, 0.717) is 11.5 Å². The highest BCUT2D eigenvalue weighted by molar-refractivity contribution is 7.91. The molecule has 6 aromatic carbocycles. The average molecular weight is 815 g/mol. The van der Waals surface area contributed by atoms with Crippen molar-refractivity contribution in [3.63, 3.8) is 0 Å². The first-order valence-corrected chi connectivity index (χ1v) is 18.8. The number of amides is 2. The Morgan fingerprint density at radius 2 is 1.00 bits per heavy atom. The largest absolute Gasteiger partial charge is 0.508 e. The van der Waals surface area contributed by atoms with Crippen molar-refractivity contribution in [2.75, 3.05) is 23.8 Å². The molecule has 298 valence electrons. The van der Waals surface area contributed by atoms with Gasteiger partial charge in [-0.25, -0.2) is 18.0 Å². The van der Waals surface area contributed by atoms with E-state index >= 15 is 0 Å². The van der Waals surface area contributed by atoms with Gasteiger partial charge in [0.05, 0.1) is 32.0 Å². The van der Waals surface area contributed by atoms with Crippen LogP contribution in [0.1, 0.15) is 41.4 Å². The van der Waals surface area contributed by atoms with Crippen molar-refractivity contribution in [2.45, 2.75) is 9.79 Å². The number of benzene rings is 6. The Labute approximate surface area is 338 Å². The summed E-state index contributed by atoms with van der Waals surface area (Å²) >= 11 is 0. The molecule has 0 radical (unpaired) electrons. The first kappa shape index (κ1) is 42.1. The zero-order chi connectivity index (χ0) is 42.4. The van der Waals surface area contributed by atoms with Gasteiger partial charge in [-0.05, 0) is 97.1 Å². The number of rotatable bonds is 14. The number of anilines is 2. The smallest absolute Gasteiger partial charge is 0.336 e. The predicted octanol–water partition coefficient (Wildman–Crippen LogP) is 7.24. The van der Waals surface area contributed by atoms with E-state index in [1.54, 1.807) is 36.4 Å².